The lowest BCUT2D eigenvalue weighted by molar-refractivity contribution is -0.134. The van der Waals surface area contributed by atoms with Crippen molar-refractivity contribution >= 4 is 5.91 Å². The van der Waals surface area contributed by atoms with Gasteiger partial charge in [-0.1, -0.05) is 36.4 Å². The third-order valence-corrected chi connectivity index (χ3v) is 5.47. The van der Waals surface area contributed by atoms with E-state index in [1.807, 2.05) is 24.3 Å². The highest BCUT2D eigenvalue weighted by Gasteiger charge is 2.44. The first-order chi connectivity index (χ1) is 11.2. The first kappa shape index (κ1) is 16.3. The van der Waals surface area contributed by atoms with Gasteiger partial charge in [-0.2, -0.15) is 0 Å². The molecule has 2 saturated heterocycles. The molecule has 0 aliphatic carbocycles. The number of hydrogen-bond donors (Lipinski definition) is 0. The van der Waals surface area contributed by atoms with Crippen LogP contribution in [0.2, 0.25) is 0 Å². The standard InChI is InChI=1S/C20H28N2O/c1-2-14-22-16-7-13-20(22)12-6-15-21(17-20)19(23)11-10-18-8-4-3-5-9-18/h2-5,8-9H,1,6-7,10-17H2/t20-/m0/s1. The van der Waals surface area contributed by atoms with E-state index < -0.39 is 0 Å². The fourth-order valence-electron chi connectivity index (χ4n) is 4.28. The van der Waals surface area contributed by atoms with Gasteiger partial charge in [0.05, 0.1) is 0 Å². The maximum atomic E-state index is 12.7. The van der Waals surface area contributed by atoms with E-state index in [4.69, 9.17) is 0 Å². The van der Waals surface area contributed by atoms with Crippen molar-refractivity contribution in [3.63, 3.8) is 0 Å². The molecule has 2 aliphatic rings. The second-order valence-electron chi connectivity index (χ2n) is 6.97. The van der Waals surface area contributed by atoms with E-state index in [2.05, 4.69) is 28.5 Å². The van der Waals surface area contributed by atoms with Crippen molar-refractivity contribution in [3.8, 4) is 0 Å². The summed E-state index contributed by atoms with van der Waals surface area (Å²) in [6.07, 6.45) is 8.31. The molecular weight excluding hydrogens is 284 g/mol. The molecule has 124 valence electrons. The normalized spacial score (nSPS) is 25.0. The van der Waals surface area contributed by atoms with Crippen LogP contribution in [0.1, 0.15) is 37.7 Å². The Hall–Kier alpha value is -1.61. The number of likely N-dealkylation sites (tertiary alicyclic amines) is 2. The number of piperidine rings is 1. The Morgan fingerprint density at radius 3 is 2.65 bits per heavy atom. The number of carbonyl (C=O) groups is 1. The number of rotatable bonds is 5. The highest BCUT2D eigenvalue weighted by atomic mass is 16.2. The third-order valence-electron chi connectivity index (χ3n) is 5.47. The molecule has 2 heterocycles. The number of hydrogen-bond acceptors (Lipinski definition) is 2. The van der Waals surface area contributed by atoms with Crippen LogP contribution < -0.4 is 0 Å². The van der Waals surface area contributed by atoms with Crippen molar-refractivity contribution in [1.82, 2.24) is 9.80 Å². The van der Waals surface area contributed by atoms with Crippen molar-refractivity contribution in [2.24, 2.45) is 0 Å². The molecule has 2 fully saturated rings. The molecule has 1 aromatic rings. The van der Waals surface area contributed by atoms with Gasteiger partial charge in [0.25, 0.3) is 0 Å². The number of aryl methyl sites for hydroxylation is 1. The predicted octanol–water partition coefficient (Wildman–Crippen LogP) is 3.26. The molecule has 0 aromatic heterocycles. The van der Waals surface area contributed by atoms with E-state index in [0.29, 0.717) is 12.3 Å². The van der Waals surface area contributed by atoms with Crippen molar-refractivity contribution in [2.45, 2.75) is 44.1 Å². The topological polar surface area (TPSA) is 23.6 Å². The SMILES string of the molecule is C=CCN1CCC[C@]12CCCN(C(=O)CCc1ccccc1)C2. The van der Waals surface area contributed by atoms with E-state index >= 15 is 0 Å². The third kappa shape index (κ3) is 3.66. The minimum Gasteiger partial charge on any atom is -0.341 e. The Bertz CT molecular complexity index is 542. The molecule has 0 unspecified atom stereocenters. The van der Waals surface area contributed by atoms with E-state index in [1.165, 1.54) is 24.8 Å². The summed E-state index contributed by atoms with van der Waals surface area (Å²) in [5.41, 5.74) is 1.47. The van der Waals surface area contributed by atoms with Crippen LogP contribution in [0.15, 0.2) is 43.0 Å². The summed E-state index contributed by atoms with van der Waals surface area (Å²) in [4.78, 5) is 17.3. The molecule has 1 spiro atoms. The summed E-state index contributed by atoms with van der Waals surface area (Å²) in [7, 11) is 0. The first-order valence-corrected chi connectivity index (χ1v) is 8.91. The highest BCUT2D eigenvalue weighted by molar-refractivity contribution is 5.76. The van der Waals surface area contributed by atoms with Gasteiger partial charge in [-0.15, -0.1) is 6.58 Å². The van der Waals surface area contributed by atoms with Crippen LogP contribution in [0, 0.1) is 0 Å². The summed E-state index contributed by atoms with van der Waals surface area (Å²) in [5.74, 6) is 0.318. The van der Waals surface area contributed by atoms with Crippen LogP contribution in [-0.4, -0.2) is 47.4 Å². The van der Waals surface area contributed by atoms with Gasteiger partial charge in [0.2, 0.25) is 5.91 Å². The number of amides is 1. The lowest BCUT2D eigenvalue weighted by Crippen LogP contribution is -2.56. The fourth-order valence-corrected chi connectivity index (χ4v) is 4.28. The van der Waals surface area contributed by atoms with Gasteiger partial charge in [0, 0.05) is 31.6 Å². The van der Waals surface area contributed by atoms with Crippen molar-refractivity contribution < 1.29 is 4.79 Å². The molecule has 3 heteroatoms. The quantitative estimate of drug-likeness (QED) is 0.779. The average Bonchev–Trinajstić information content (AvgIpc) is 2.96. The Balaban J connectivity index is 1.59. The van der Waals surface area contributed by atoms with Gasteiger partial charge in [0.1, 0.15) is 0 Å². The summed E-state index contributed by atoms with van der Waals surface area (Å²) >= 11 is 0. The molecule has 2 aliphatic heterocycles. The molecule has 3 rings (SSSR count). The first-order valence-electron chi connectivity index (χ1n) is 8.91. The molecule has 0 radical (unpaired) electrons. The van der Waals surface area contributed by atoms with Crippen LogP contribution in [0.25, 0.3) is 0 Å². The molecule has 1 atom stereocenters. The second kappa shape index (κ2) is 7.31. The molecule has 1 amide bonds. The van der Waals surface area contributed by atoms with Gasteiger partial charge >= 0.3 is 0 Å². The summed E-state index contributed by atoms with van der Waals surface area (Å²) in [5, 5.41) is 0. The van der Waals surface area contributed by atoms with E-state index in [-0.39, 0.29) is 5.54 Å². The summed E-state index contributed by atoms with van der Waals surface area (Å²) in [6, 6.07) is 10.3. The van der Waals surface area contributed by atoms with Gasteiger partial charge in [0.15, 0.2) is 0 Å². The van der Waals surface area contributed by atoms with Gasteiger partial charge in [-0.25, -0.2) is 0 Å². The number of nitrogens with zero attached hydrogens (tertiary/aromatic N) is 2. The van der Waals surface area contributed by atoms with Crippen LogP contribution in [0.4, 0.5) is 0 Å². The lowest BCUT2D eigenvalue weighted by atomic mass is 9.86. The number of benzene rings is 1. The van der Waals surface area contributed by atoms with E-state index in [9.17, 15) is 4.79 Å². The zero-order valence-electron chi connectivity index (χ0n) is 14.0. The molecule has 0 N–H and O–H groups in total. The van der Waals surface area contributed by atoms with Crippen LogP contribution in [-0.2, 0) is 11.2 Å². The Morgan fingerprint density at radius 1 is 1.17 bits per heavy atom. The van der Waals surface area contributed by atoms with Crippen molar-refractivity contribution in [1.29, 1.82) is 0 Å². The second-order valence-corrected chi connectivity index (χ2v) is 6.97. The van der Waals surface area contributed by atoms with Gasteiger partial charge in [-0.3, -0.25) is 9.69 Å². The zero-order chi connectivity index (χ0) is 16.1. The summed E-state index contributed by atoms with van der Waals surface area (Å²) < 4.78 is 0. The van der Waals surface area contributed by atoms with Crippen molar-refractivity contribution in [2.75, 3.05) is 26.2 Å². The highest BCUT2D eigenvalue weighted by Crippen LogP contribution is 2.37. The fraction of sp³-hybridized carbons (Fsp3) is 0.550. The van der Waals surface area contributed by atoms with Gasteiger partial charge < -0.3 is 4.90 Å². The molecule has 0 bridgehead atoms. The minimum absolute atomic E-state index is 0.217. The van der Waals surface area contributed by atoms with E-state index in [0.717, 1.165) is 39.0 Å². The molecular formula is C20H28N2O. The van der Waals surface area contributed by atoms with E-state index in [1.54, 1.807) is 0 Å². The van der Waals surface area contributed by atoms with Crippen LogP contribution in [0.5, 0.6) is 0 Å². The van der Waals surface area contributed by atoms with Crippen molar-refractivity contribution in [3.05, 3.63) is 48.6 Å². The molecule has 1 aromatic carbocycles. The largest absolute Gasteiger partial charge is 0.341 e. The molecule has 0 saturated carbocycles. The number of carbonyl (C=O) groups excluding carboxylic acids is 1. The Morgan fingerprint density at radius 2 is 1.91 bits per heavy atom. The van der Waals surface area contributed by atoms with Crippen LogP contribution >= 0.6 is 0 Å². The Kier molecular flexibility index (Phi) is 5.16. The average molecular weight is 312 g/mol. The maximum Gasteiger partial charge on any atom is 0.222 e. The molecule has 23 heavy (non-hydrogen) atoms. The van der Waals surface area contributed by atoms with Crippen LogP contribution in [0.3, 0.4) is 0 Å². The van der Waals surface area contributed by atoms with Gasteiger partial charge in [-0.05, 0) is 44.2 Å². The zero-order valence-corrected chi connectivity index (χ0v) is 14.0. The molecule has 3 nitrogen and oxygen atoms in total. The monoisotopic (exact) mass is 312 g/mol. The smallest absolute Gasteiger partial charge is 0.222 e. The Labute approximate surface area is 140 Å². The predicted molar refractivity (Wildman–Crippen MR) is 94.3 cm³/mol. The lowest BCUT2D eigenvalue weighted by Gasteiger charge is -2.46. The summed E-state index contributed by atoms with van der Waals surface area (Å²) in [6.45, 7) is 7.84. The minimum atomic E-state index is 0.217. The maximum absolute atomic E-state index is 12.7.